The summed E-state index contributed by atoms with van der Waals surface area (Å²) in [4.78, 5) is 0. The molecule has 25 heavy (non-hydrogen) atoms. The summed E-state index contributed by atoms with van der Waals surface area (Å²) in [6.07, 6.45) is -8.40. The van der Waals surface area contributed by atoms with Gasteiger partial charge in [-0.25, -0.2) is 0 Å². The van der Waals surface area contributed by atoms with Crippen LogP contribution in [0.1, 0.15) is 5.76 Å². The number of aliphatic hydroxyl groups excluding tert-OH is 6. The van der Waals surface area contributed by atoms with Crippen molar-refractivity contribution in [1.29, 1.82) is 0 Å². The van der Waals surface area contributed by atoms with Gasteiger partial charge in [0.1, 0.15) is 48.0 Å². The topological polar surface area (TPSA) is 173 Å². The lowest BCUT2D eigenvalue weighted by molar-refractivity contribution is -0.318. The van der Waals surface area contributed by atoms with Crippen molar-refractivity contribution in [1.82, 2.24) is 0 Å². The second kappa shape index (κ2) is 6.58. The van der Waals surface area contributed by atoms with Gasteiger partial charge < -0.3 is 49.6 Å². The molecule has 1 aromatic rings. The maximum Gasteiger partial charge on any atom is 0.183 e. The second-order valence-electron chi connectivity index (χ2n) is 6.47. The Hall–Kier alpha value is -1.08. The Morgan fingerprint density at radius 3 is 2.32 bits per heavy atom. The molecule has 10 heteroatoms. The molecule has 2 saturated heterocycles. The predicted octanol–water partition coefficient (Wildman–Crippen LogP) is -3.57. The standard InChI is InChI=1S/C15H22O10/c16-4-7-9(18)10(19)11(20)15(25-7,8-2-1-3-23-8)13-12(21)14(22,5-17)6-24-13/h1-3,7,9-13,16-22H,4-6H2/t7-,9-,10-,11+,12-,13?,14?,15-/m0/s1. The SMILES string of the molecule is OC[C@@H]1O[C@](c2ccco2)(C2OCC(O)(CO)[C@H]2O)[C@H](O)[C@@H](O)[C@H]1O. The molecule has 8 atom stereocenters. The van der Waals surface area contributed by atoms with Gasteiger partial charge in [-0.15, -0.1) is 0 Å². The van der Waals surface area contributed by atoms with E-state index in [4.69, 9.17) is 13.9 Å². The predicted molar refractivity (Wildman–Crippen MR) is 78.1 cm³/mol. The third kappa shape index (κ3) is 2.62. The van der Waals surface area contributed by atoms with Gasteiger partial charge in [0.05, 0.1) is 26.1 Å². The van der Waals surface area contributed by atoms with Crippen molar-refractivity contribution in [2.45, 2.75) is 47.8 Å². The summed E-state index contributed by atoms with van der Waals surface area (Å²) in [6.45, 7) is -1.97. The van der Waals surface area contributed by atoms with Gasteiger partial charge in [-0.1, -0.05) is 0 Å². The average Bonchev–Trinajstić information content (AvgIpc) is 3.25. The molecular weight excluding hydrogens is 340 g/mol. The van der Waals surface area contributed by atoms with Crippen molar-refractivity contribution in [3.05, 3.63) is 24.2 Å². The Balaban J connectivity index is 2.09. The van der Waals surface area contributed by atoms with Crippen LogP contribution in [0.5, 0.6) is 0 Å². The quantitative estimate of drug-likeness (QED) is 0.284. The Bertz CT molecular complexity index is 577. The van der Waals surface area contributed by atoms with Gasteiger partial charge in [0.15, 0.2) is 5.60 Å². The highest BCUT2D eigenvalue weighted by Gasteiger charge is 2.66. The van der Waals surface area contributed by atoms with Gasteiger partial charge in [-0.2, -0.15) is 0 Å². The van der Waals surface area contributed by atoms with Crippen LogP contribution in [0.3, 0.4) is 0 Å². The maximum absolute atomic E-state index is 10.7. The smallest absolute Gasteiger partial charge is 0.183 e. The van der Waals surface area contributed by atoms with Crippen LogP contribution in [0.4, 0.5) is 0 Å². The Kier molecular flexibility index (Phi) is 4.92. The summed E-state index contributed by atoms with van der Waals surface area (Å²) >= 11 is 0. The monoisotopic (exact) mass is 362 g/mol. The number of furan rings is 1. The molecule has 142 valence electrons. The molecule has 2 aliphatic rings. The minimum absolute atomic E-state index is 0.0457. The van der Waals surface area contributed by atoms with Gasteiger partial charge in [0, 0.05) is 0 Å². The summed E-state index contributed by atoms with van der Waals surface area (Å²) in [6, 6.07) is 2.87. The third-order valence-corrected chi connectivity index (χ3v) is 4.97. The molecule has 7 N–H and O–H groups in total. The van der Waals surface area contributed by atoms with Crippen LogP contribution in [0, 0.1) is 0 Å². The number of hydrogen-bond acceptors (Lipinski definition) is 10. The van der Waals surface area contributed by atoms with E-state index in [1.54, 1.807) is 0 Å². The van der Waals surface area contributed by atoms with Crippen LogP contribution in [0.15, 0.2) is 22.8 Å². The highest BCUT2D eigenvalue weighted by molar-refractivity contribution is 5.23. The van der Waals surface area contributed by atoms with Gasteiger partial charge in [0.25, 0.3) is 0 Å². The molecule has 2 aliphatic heterocycles. The van der Waals surface area contributed by atoms with Gasteiger partial charge in [-0.3, -0.25) is 0 Å². The molecule has 0 bridgehead atoms. The molecule has 0 radical (unpaired) electrons. The van der Waals surface area contributed by atoms with Crippen molar-refractivity contribution in [2.24, 2.45) is 0 Å². The molecule has 0 spiro atoms. The zero-order valence-electron chi connectivity index (χ0n) is 13.2. The second-order valence-corrected chi connectivity index (χ2v) is 6.47. The summed E-state index contributed by atoms with van der Waals surface area (Å²) in [7, 11) is 0. The zero-order chi connectivity index (χ0) is 18.4. The van der Waals surface area contributed by atoms with Crippen LogP contribution in [0.2, 0.25) is 0 Å². The average molecular weight is 362 g/mol. The summed E-state index contributed by atoms with van der Waals surface area (Å²) < 4.78 is 16.4. The minimum atomic E-state index is -2.03. The fourth-order valence-electron chi connectivity index (χ4n) is 3.47. The first-order valence-corrected chi connectivity index (χ1v) is 7.81. The van der Waals surface area contributed by atoms with Crippen LogP contribution in [-0.2, 0) is 15.1 Å². The van der Waals surface area contributed by atoms with E-state index >= 15 is 0 Å². The Morgan fingerprint density at radius 1 is 1.08 bits per heavy atom. The number of hydrogen-bond donors (Lipinski definition) is 7. The number of aliphatic hydroxyl groups is 7. The molecule has 0 aromatic carbocycles. The Labute approximate surface area is 142 Å². The van der Waals surface area contributed by atoms with E-state index in [9.17, 15) is 35.7 Å². The maximum atomic E-state index is 10.7. The molecular formula is C15H22O10. The fourth-order valence-corrected chi connectivity index (χ4v) is 3.47. The van der Waals surface area contributed by atoms with Gasteiger partial charge in [-0.05, 0) is 12.1 Å². The third-order valence-electron chi connectivity index (χ3n) is 4.97. The van der Waals surface area contributed by atoms with Gasteiger partial charge >= 0.3 is 0 Å². The molecule has 2 unspecified atom stereocenters. The van der Waals surface area contributed by atoms with E-state index in [-0.39, 0.29) is 5.76 Å². The van der Waals surface area contributed by atoms with Gasteiger partial charge in [0.2, 0.25) is 0 Å². The summed E-state index contributed by atoms with van der Waals surface area (Å²) in [5, 5.41) is 70.4. The van der Waals surface area contributed by atoms with E-state index in [1.165, 1.54) is 18.4 Å². The highest BCUT2D eigenvalue weighted by Crippen LogP contribution is 2.47. The fraction of sp³-hybridized carbons (Fsp3) is 0.733. The van der Waals surface area contributed by atoms with E-state index in [1.807, 2.05) is 0 Å². The number of rotatable bonds is 4. The summed E-state index contributed by atoms with van der Waals surface area (Å²) in [5.74, 6) is -0.0457. The molecule has 1 aromatic heterocycles. The van der Waals surface area contributed by atoms with Crippen molar-refractivity contribution in [3.63, 3.8) is 0 Å². The first-order chi connectivity index (χ1) is 11.8. The van der Waals surface area contributed by atoms with Crippen LogP contribution >= 0.6 is 0 Å². The van der Waals surface area contributed by atoms with Crippen LogP contribution in [-0.4, -0.2) is 97.8 Å². The van der Waals surface area contributed by atoms with E-state index in [0.29, 0.717) is 0 Å². The normalized spacial score (nSPS) is 48.0. The molecule has 0 aliphatic carbocycles. The zero-order valence-corrected chi connectivity index (χ0v) is 13.2. The highest BCUT2D eigenvalue weighted by atomic mass is 16.6. The van der Waals surface area contributed by atoms with Crippen molar-refractivity contribution < 1.29 is 49.6 Å². The first-order valence-electron chi connectivity index (χ1n) is 7.81. The van der Waals surface area contributed by atoms with Crippen LogP contribution < -0.4 is 0 Å². The van der Waals surface area contributed by atoms with Crippen molar-refractivity contribution in [3.8, 4) is 0 Å². The molecule has 3 rings (SSSR count). The summed E-state index contributed by atoms with van der Waals surface area (Å²) in [5.41, 5.74) is -4.04. The van der Waals surface area contributed by atoms with Crippen molar-refractivity contribution in [2.75, 3.05) is 19.8 Å². The minimum Gasteiger partial charge on any atom is -0.466 e. The molecule has 2 fully saturated rings. The Morgan fingerprint density at radius 2 is 1.80 bits per heavy atom. The lowest BCUT2D eigenvalue weighted by atomic mass is 9.76. The lowest BCUT2D eigenvalue weighted by Crippen LogP contribution is -2.69. The lowest BCUT2D eigenvalue weighted by Gasteiger charge is -2.50. The first kappa shape index (κ1) is 18.7. The van der Waals surface area contributed by atoms with E-state index in [0.717, 1.165) is 0 Å². The molecule has 10 nitrogen and oxygen atoms in total. The van der Waals surface area contributed by atoms with E-state index in [2.05, 4.69) is 0 Å². The van der Waals surface area contributed by atoms with Crippen molar-refractivity contribution >= 4 is 0 Å². The molecule has 3 heterocycles. The molecule has 0 saturated carbocycles. The largest absolute Gasteiger partial charge is 0.466 e. The molecule has 0 amide bonds. The van der Waals surface area contributed by atoms with Crippen LogP contribution in [0.25, 0.3) is 0 Å². The number of ether oxygens (including phenoxy) is 2. The van der Waals surface area contributed by atoms with E-state index < -0.39 is 67.6 Å².